The standard InChI is InChI=1S/C7H10F3N3O2/c1-4(11)6-12-5(13-15-6)2-14-3-7(8,9)10/h4H,2-3,11H2,1H3. The minimum Gasteiger partial charge on any atom is -0.364 e. The summed E-state index contributed by atoms with van der Waals surface area (Å²) in [5.41, 5.74) is 5.41. The predicted octanol–water partition coefficient (Wildman–Crippen LogP) is 1.17. The lowest BCUT2D eigenvalue weighted by molar-refractivity contribution is -0.177. The van der Waals surface area contributed by atoms with Crippen molar-refractivity contribution in [2.45, 2.75) is 25.7 Å². The zero-order chi connectivity index (χ0) is 11.5. The van der Waals surface area contributed by atoms with Crippen LogP contribution in [0, 0.1) is 0 Å². The molecule has 0 aliphatic heterocycles. The first-order valence-corrected chi connectivity index (χ1v) is 4.11. The van der Waals surface area contributed by atoms with Gasteiger partial charge in [0.25, 0.3) is 0 Å². The summed E-state index contributed by atoms with van der Waals surface area (Å²) >= 11 is 0. The minimum absolute atomic E-state index is 0.0477. The highest BCUT2D eigenvalue weighted by molar-refractivity contribution is 4.88. The topological polar surface area (TPSA) is 74.2 Å². The van der Waals surface area contributed by atoms with Gasteiger partial charge in [-0.1, -0.05) is 5.16 Å². The van der Waals surface area contributed by atoms with Crippen LogP contribution in [0.15, 0.2) is 4.52 Å². The van der Waals surface area contributed by atoms with Crippen molar-refractivity contribution in [3.05, 3.63) is 11.7 Å². The van der Waals surface area contributed by atoms with Gasteiger partial charge in [0, 0.05) is 0 Å². The summed E-state index contributed by atoms with van der Waals surface area (Å²) in [5, 5.41) is 3.40. The van der Waals surface area contributed by atoms with Crippen LogP contribution in [0.2, 0.25) is 0 Å². The molecule has 8 heteroatoms. The van der Waals surface area contributed by atoms with Crippen molar-refractivity contribution < 1.29 is 22.4 Å². The van der Waals surface area contributed by atoms with Gasteiger partial charge in [0.2, 0.25) is 5.89 Å². The van der Waals surface area contributed by atoms with Crippen molar-refractivity contribution in [1.29, 1.82) is 0 Å². The quantitative estimate of drug-likeness (QED) is 0.832. The molecular weight excluding hydrogens is 215 g/mol. The van der Waals surface area contributed by atoms with Crippen molar-refractivity contribution in [3.63, 3.8) is 0 Å². The molecule has 1 aromatic rings. The van der Waals surface area contributed by atoms with Gasteiger partial charge in [0.05, 0.1) is 6.04 Å². The summed E-state index contributed by atoms with van der Waals surface area (Å²) in [6.07, 6.45) is -4.35. The average Bonchev–Trinajstić information content (AvgIpc) is 2.50. The maximum absolute atomic E-state index is 11.7. The second-order valence-electron chi connectivity index (χ2n) is 2.95. The van der Waals surface area contributed by atoms with Crippen LogP contribution < -0.4 is 5.73 Å². The normalized spacial score (nSPS) is 14.2. The number of halogens is 3. The Bertz CT molecular complexity index is 311. The summed E-state index contributed by atoms with van der Waals surface area (Å²) in [4.78, 5) is 3.73. The average molecular weight is 225 g/mol. The zero-order valence-corrected chi connectivity index (χ0v) is 7.91. The van der Waals surface area contributed by atoms with E-state index in [0.717, 1.165) is 0 Å². The molecule has 0 aliphatic rings. The van der Waals surface area contributed by atoms with E-state index < -0.39 is 18.8 Å². The van der Waals surface area contributed by atoms with Crippen LogP contribution in [-0.2, 0) is 11.3 Å². The molecule has 2 N–H and O–H groups in total. The molecule has 1 heterocycles. The molecule has 1 aromatic heterocycles. The highest BCUT2D eigenvalue weighted by atomic mass is 19.4. The first-order valence-electron chi connectivity index (χ1n) is 4.11. The Balaban J connectivity index is 2.38. The number of hydrogen-bond acceptors (Lipinski definition) is 5. The molecule has 5 nitrogen and oxygen atoms in total. The van der Waals surface area contributed by atoms with Crippen LogP contribution in [-0.4, -0.2) is 22.9 Å². The third-order valence-electron chi connectivity index (χ3n) is 1.37. The maximum atomic E-state index is 11.7. The van der Waals surface area contributed by atoms with Gasteiger partial charge in [0.1, 0.15) is 13.2 Å². The van der Waals surface area contributed by atoms with Crippen molar-refractivity contribution in [2.75, 3.05) is 6.61 Å². The Morgan fingerprint density at radius 2 is 2.20 bits per heavy atom. The van der Waals surface area contributed by atoms with Crippen LogP contribution in [0.4, 0.5) is 13.2 Å². The Hall–Kier alpha value is -1.15. The molecule has 0 saturated carbocycles. The lowest BCUT2D eigenvalue weighted by Gasteiger charge is -2.04. The van der Waals surface area contributed by atoms with Gasteiger partial charge in [-0.3, -0.25) is 0 Å². The molecule has 1 rings (SSSR count). The largest absolute Gasteiger partial charge is 0.411 e. The fourth-order valence-electron chi connectivity index (χ4n) is 0.769. The molecule has 0 saturated heterocycles. The molecule has 15 heavy (non-hydrogen) atoms. The summed E-state index contributed by atoms with van der Waals surface area (Å²) in [6.45, 7) is -0.0708. The number of nitrogens with zero attached hydrogens (tertiary/aromatic N) is 2. The zero-order valence-electron chi connectivity index (χ0n) is 7.91. The minimum atomic E-state index is -4.35. The molecule has 0 aliphatic carbocycles. The predicted molar refractivity (Wildman–Crippen MR) is 42.6 cm³/mol. The van der Waals surface area contributed by atoms with Crippen molar-refractivity contribution >= 4 is 0 Å². The third-order valence-corrected chi connectivity index (χ3v) is 1.37. The number of ether oxygens (including phenoxy) is 1. The van der Waals surface area contributed by atoms with E-state index in [9.17, 15) is 13.2 Å². The van der Waals surface area contributed by atoms with Gasteiger partial charge in [-0.15, -0.1) is 0 Å². The van der Waals surface area contributed by atoms with E-state index >= 15 is 0 Å². The Labute approximate surface area is 83.4 Å². The number of rotatable bonds is 4. The first kappa shape index (κ1) is 11.9. The lowest BCUT2D eigenvalue weighted by atomic mass is 10.4. The van der Waals surface area contributed by atoms with E-state index in [1.807, 2.05) is 0 Å². The molecule has 0 radical (unpaired) electrons. The lowest BCUT2D eigenvalue weighted by Crippen LogP contribution is -2.17. The number of hydrogen-bond donors (Lipinski definition) is 1. The fraction of sp³-hybridized carbons (Fsp3) is 0.714. The van der Waals surface area contributed by atoms with Crippen molar-refractivity contribution in [3.8, 4) is 0 Å². The molecule has 0 aromatic carbocycles. The van der Waals surface area contributed by atoms with Crippen LogP contribution in [0.5, 0.6) is 0 Å². The fourth-order valence-corrected chi connectivity index (χ4v) is 0.769. The van der Waals surface area contributed by atoms with E-state index in [1.54, 1.807) is 6.92 Å². The van der Waals surface area contributed by atoms with E-state index in [4.69, 9.17) is 5.73 Å². The molecular formula is C7H10F3N3O2. The van der Waals surface area contributed by atoms with Gasteiger partial charge in [-0.25, -0.2) is 0 Å². The SMILES string of the molecule is CC(N)c1nc(COCC(F)(F)F)no1. The maximum Gasteiger partial charge on any atom is 0.411 e. The van der Waals surface area contributed by atoms with Gasteiger partial charge < -0.3 is 15.0 Å². The summed E-state index contributed by atoms with van der Waals surface area (Å²) in [5.74, 6) is 0.215. The highest BCUT2D eigenvalue weighted by Crippen LogP contribution is 2.15. The van der Waals surface area contributed by atoms with Crippen molar-refractivity contribution in [1.82, 2.24) is 10.1 Å². The summed E-state index contributed by atoms with van der Waals surface area (Å²) in [7, 11) is 0. The van der Waals surface area contributed by atoms with E-state index in [2.05, 4.69) is 19.4 Å². The summed E-state index contributed by atoms with van der Waals surface area (Å²) < 4.78 is 44.0. The highest BCUT2D eigenvalue weighted by Gasteiger charge is 2.27. The van der Waals surface area contributed by atoms with E-state index in [1.165, 1.54) is 0 Å². The van der Waals surface area contributed by atoms with Crippen molar-refractivity contribution in [2.24, 2.45) is 5.73 Å². The Morgan fingerprint density at radius 1 is 1.53 bits per heavy atom. The second kappa shape index (κ2) is 4.58. The van der Waals surface area contributed by atoms with Gasteiger partial charge in [-0.05, 0) is 6.92 Å². The Morgan fingerprint density at radius 3 is 2.67 bits per heavy atom. The van der Waals surface area contributed by atoms with E-state index in [0.29, 0.717) is 0 Å². The summed E-state index contributed by atoms with van der Waals surface area (Å²) in [6, 6.07) is -0.450. The second-order valence-corrected chi connectivity index (χ2v) is 2.95. The first-order chi connectivity index (χ1) is 6.88. The number of nitrogens with two attached hydrogens (primary N) is 1. The number of aromatic nitrogens is 2. The monoisotopic (exact) mass is 225 g/mol. The molecule has 1 atom stereocenters. The van der Waals surface area contributed by atoms with E-state index in [-0.39, 0.29) is 18.3 Å². The smallest absolute Gasteiger partial charge is 0.364 e. The van der Waals surface area contributed by atoms with Gasteiger partial charge in [-0.2, -0.15) is 18.2 Å². The van der Waals surface area contributed by atoms with Crippen LogP contribution in [0.25, 0.3) is 0 Å². The molecule has 0 spiro atoms. The van der Waals surface area contributed by atoms with Gasteiger partial charge >= 0.3 is 6.18 Å². The van der Waals surface area contributed by atoms with Crippen LogP contribution in [0.3, 0.4) is 0 Å². The molecule has 1 unspecified atom stereocenters. The van der Waals surface area contributed by atoms with Crippen LogP contribution in [0.1, 0.15) is 24.7 Å². The molecule has 86 valence electrons. The third kappa shape index (κ3) is 4.26. The molecule has 0 fully saturated rings. The van der Waals surface area contributed by atoms with Gasteiger partial charge in [0.15, 0.2) is 5.82 Å². The molecule has 0 amide bonds. The van der Waals surface area contributed by atoms with Crippen LogP contribution >= 0.6 is 0 Å². The number of alkyl halides is 3. The Kier molecular flexibility index (Phi) is 3.64. The molecule has 0 bridgehead atoms.